The molecule has 0 saturated carbocycles. The fourth-order valence-electron chi connectivity index (χ4n) is 1.76. The van der Waals surface area contributed by atoms with Crippen LogP contribution in [-0.4, -0.2) is 21.1 Å². The molecule has 3 aromatic heterocycles. The minimum absolute atomic E-state index is 0.213. The number of nitrogens with one attached hydrogen (secondary N) is 2. The zero-order chi connectivity index (χ0) is 13.8. The van der Waals surface area contributed by atoms with Crippen LogP contribution in [0.1, 0.15) is 16.2 Å². The molecule has 2 N–H and O–H groups in total. The second kappa shape index (κ2) is 5.66. The van der Waals surface area contributed by atoms with Gasteiger partial charge in [-0.3, -0.25) is 14.9 Å². The molecule has 6 heteroatoms. The second-order valence-corrected chi connectivity index (χ2v) is 5.10. The molecule has 0 aromatic carbocycles. The highest BCUT2D eigenvalue weighted by Gasteiger charge is 2.11. The Balaban J connectivity index is 1.66. The molecule has 100 valence electrons. The number of aromatic nitrogens is 3. The van der Waals surface area contributed by atoms with Gasteiger partial charge in [-0.05, 0) is 29.6 Å². The average molecular weight is 284 g/mol. The molecule has 0 saturated heterocycles. The summed E-state index contributed by atoms with van der Waals surface area (Å²) in [5, 5.41) is 11.7. The van der Waals surface area contributed by atoms with Crippen molar-refractivity contribution in [3.63, 3.8) is 0 Å². The molecule has 1 amide bonds. The molecule has 0 unspecified atom stereocenters. The first kappa shape index (κ1) is 12.6. The lowest BCUT2D eigenvalue weighted by Crippen LogP contribution is -2.23. The molecule has 0 fully saturated rings. The number of carbonyl (C=O) groups excluding carboxylic acids is 1. The topological polar surface area (TPSA) is 70.7 Å². The molecule has 3 rings (SSSR count). The largest absolute Gasteiger partial charge is 0.345 e. The van der Waals surface area contributed by atoms with Gasteiger partial charge < -0.3 is 5.32 Å². The van der Waals surface area contributed by atoms with E-state index in [4.69, 9.17) is 0 Å². The minimum atomic E-state index is -0.213. The SMILES string of the molecule is O=C(NCc1ccccn1)c1cc(-c2cccs2)[nH]n1. The lowest BCUT2D eigenvalue weighted by molar-refractivity contribution is 0.0945. The first-order chi connectivity index (χ1) is 9.83. The van der Waals surface area contributed by atoms with Crippen LogP contribution in [0.25, 0.3) is 10.6 Å². The summed E-state index contributed by atoms with van der Waals surface area (Å²) in [6.45, 7) is 0.390. The first-order valence-electron chi connectivity index (χ1n) is 6.10. The lowest BCUT2D eigenvalue weighted by Gasteiger charge is -2.01. The maximum Gasteiger partial charge on any atom is 0.272 e. The van der Waals surface area contributed by atoms with Gasteiger partial charge in [-0.25, -0.2) is 0 Å². The van der Waals surface area contributed by atoms with Crippen LogP contribution in [0.3, 0.4) is 0 Å². The van der Waals surface area contributed by atoms with E-state index in [0.29, 0.717) is 12.2 Å². The highest BCUT2D eigenvalue weighted by molar-refractivity contribution is 7.13. The highest BCUT2D eigenvalue weighted by Crippen LogP contribution is 2.22. The lowest BCUT2D eigenvalue weighted by atomic mass is 10.3. The van der Waals surface area contributed by atoms with Crippen molar-refractivity contribution in [3.8, 4) is 10.6 Å². The number of thiophene rings is 1. The molecule has 0 spiro atoms. The number of hydrogen-bond acceptors (Lipinski definition) is 4. The third-order valence-corrected chi connectivity index (χ3v) is 3.66. The first-order valence-corrected chi connectivity index (χ1v) is 6.98. The van der Waals surface area contributed by atoms with Crippen LogP contribution < -0.4 is 5.32 Å². The van der Waals surface area contributed by atoms with Gasteiger partial charge in [0, 0.05) is 6.20 Å². The van der Waals surface area contributed by atoms with Gasteiger partial charge in [0.2, 0.25) is 0 Å². The number of hydrogen-bond donors (Lipinski definition) is 2. The second-order valence-electron chi connectivity index (χ2n) is 4.15. The summed E-state index contributed by atoms with van der Waals surface area (Å²) < 4.78 is 0. The summed E-state index contributed by atoms with van der Waals surface area (Å²) in [7, 11) is 0. The molecule has 0 atom stereocenters. The summed E-state index contributed by atoms with van der Waals surface area (Å²) in [6, 6.07) is 11.3. The molecular weight excluding hydrogens is 272 g/mol. The van der Waals surface area contributed by atoms with E-state index in [9.17, 15) is 4.79 Å². The van der Waals surface area contributed by atoms with Crippen LogP contribution in [0.4, 0.5) is 0 Å². The van der Waals surface area contributed by atoms with Crippen LogP contribution in [0.2, 0.25) is 0 Å². The van der Waals surface area contributed by atoms with Crippen molar-refractivity contribution in [3.05, 3.63) is 59.4 Å². The van der Waals surface area contributed by atoms with E-state index in [1.807, 2.05) is 35.7 Å². The number of nitrogens with zero attached hydrogens (tertiary/aromatic N) is 2. The maximum absolute atomic E-state index is 12.0. The van der Waals surface area contributed by atoms with Gasteiger partial charge in [-0.2, -0.15) is 5.10 Å². The number of amides is 1. The van der Waals surface area contributed by atoms with Gasteiger partial charge in [0.1, 0.15) is 0 Å². The Morgan fingerprint density at radius 2 is 2.25 bits per heavy atom. The number of pyridine rings is 1. The summed E-state index contributed by atoms with van der Waals surface area (Å²) in [6.07, 6.45) is 1.70. The van der Waals surface area contributed by atoms with Crippen LogP contribution in [-0.2, 0) is 6.54 Å². The maximum atomic E-state index is 12.0. The van der Waals surface area contributed by atoms with E-state index in [-0.39, 0.29) is 5.91 Å². The molecule has 20 heavy (non-hydrogen) atoms. The quantitative estimate of drug-likeness (QED) is 0.773. The molecule has 0 radical (unpaired) electrons. The van der Waals surface area contributed by atoms with Crippen molar-refractivity contribution in [2.24, 2.45) is 0 Å². The Hall–Kier alpha value is -2.47. The molecule has 0 bridgehead atoms. The zero-order valence-corrected chi connectivity index (χ0v) is 11.4. The summed E-state index contributed by atoms with van der Waals surface area (Å²) >= 11 is 1.60. The fraction of sp³-hybridized carbons (Fsp3) is 0.0714. The Morgan fingerprint density at radius 3 is 3.00 bits per heavy atom. The number of carbonyl (C=O) groups is 1. The van der Waals surface area contributed by atoms with Gasteiger partial charge in [-0.1, -0.05) is 12.1 Å². The van der Waals surface area contributed by atoms with Crippen molar-refractivity contribution < 1.29 is 4.79 Å². The van der Waals surface area contributed by atoms with Gasteiger partial charge >= 0.3 is 0 Å². The van der Waals surface area contributed by atoms with Crippen LogP contribution in [0.5, 0.6) is 0 Å². The molecule has 5 nitrogen and oxygen atoms in total. The Labute approximate surface area is 119 Å². The van der Waals surface area contributed by atoms with Gasteiger partial charge in [-0.15, -0.1) is 11.3 Å². The van der Waals surface area contributed by atoms with E-state index < -0.39 is 0 Å². The van der Waals surface area contributed by atoms with Crippen molar-refractivity contribution in [1.29, 1.82) is 0 Å². The van der Waals surface area contributed by atoms with E-state index in [1.54, 1.807) is 23.6 Å². The minimum Gasteiger partial charge on any atom is -0.345 e. The average Bonchev–Trinajstić information content (AvgIpc) is 3.16. The van der Waals surface area contributed by atoms with Crippen molar-refractivity contribution in [1.82, 2.24) is 20.5 Å². The molecule has 3 aromatic rings. The zero-order valence-electron chi connectivity index (χ0n) is 10.5. The fourth-order valence-corrected chi connectivity index (χ4v) is 2.45. The van der Waals surface area contributed by atoms with Crippen molar-refractivity contribution >= 4 is 17.2 Å². The monoisotopic (exact) mass is 284 g/mol. The molecule has 3 heterocycles. The van der Waals surface area contributed by atoms with Crippen molar-refractivity contribution in [2.75, 3.05) is 0 Å². The van der Waals surface area contributed by atoms with Crippen LogP contribution >= 0.6 is 11.3 Å². The molecule has 0 aliphatic heterocycles. The third-order valence-electron chi connectivity index (χ3n) is 2.75. The van der Waals surface area contributed by atoms with Crippen LogP contribution in [0.15, 0.2) is 48.0 Å². The van der Waals surface area contributed by atoms with Crippen molar-refractivity contribution in [2.45, 2.75) is 6.54 Å². The third kappa shape index (κ3) is 2.75. The van der Waals surface area contributed by atoms with Gasteiger partial charge in [0.25, 0.3) is 5.91 Å². The predicted molar refractivity (Wildman–Crippen MR) is 77.3 cm³/mol. The summed E-state index contributed by atoms with van der Waals surface area (Å²) in [4.78, 5) is 17.2. The predicted octanol–water partition coefficient (Wildman–Crippen LogP) is 2.46. The molecular formula is C14H12N4OS. The Morgan fingerprint density at radius 1 is 1.30 bits per heavy atom. The molecule has 0 aliphatic carbocycles. The van der Waals surface area contributed by atoms with E-state index in [2.05, 4.69) is 20.5 Å². The van der Waals surface area contributed by atoms with E-state index >= 15 is 0 Å². The summed E-state index contributed by atoms with van der Waals surface area (Å²) in [5.74, 6) is -0.213. The van der Waals surface area contributed by atoms with Gasteiger partial charge in [0.15, 0.2) is 5.69 Å². The Bertz CT molecular complexity index is 691. The van der Waals surface area contributed by atoms with Gasteiger partial charge in [0.05, 0.1) is 22.8 Å². The highest BCUT2D eigenvalue weighted by atomic mass is 32.1. The normalized spacial score (nSPS) is 10.4. The Kier molecular flexibility index (Phi) is 3.56. The number of H-pyrrole nitrogens is 1. The summed E-state index contributed by atoms with van der Waals surface area (Å²) in [5.41, 5.74) is 2.04. The van der Waals surface area contributed by atoms with E-state index in [0.717, 1.165) is 16.3 Å². The standard InChI is InChI=1S/C14H12N4OS/c19-14(16-9-10-4-1-2-6-15-10)12-8-11(17-18-12)13-5-3-7-20-13/h1-8H,9H2,(H,16,19)(H,17,18). The number of rotatable bonds is 4. The smallest absolute Gasteiger partial charge is 0.272 e. The van der Waals surface area contributed by atoms with E-state index in [1.165, 1.54) is 0 Å². The number of aromatic amines is 1. The molecule has 0 aliphatic rings. The van der Waals surface area contributed by atoms with Crippen LogP contribution in [0, 0.1) is 0 Å².